The molecule has 0 spiro atoms. The molecule has 1 aromatic carbocycles. The summed E-state index contributed by atoms with van der Waals surface area (Å²) in [6, 6.07) is 9.49. The van der Waals surface area contributed by atoms with Crippen molar-refractivity contribution in [3.05, 3.63) is 30.3 Å². The van der Waals surface area contributed by atoms with Crippen molar-refractivity contribution >= 4 is 23.2 Å². The van der Waals surface area contributed by atoms with Crippen LogP contribution in [-0.4, -0.2) is 11.8 Å². The van der Waals surface area contributed by atoms with Gasteiger partial charge in [0.05, 0.1) is 0 Å². The number of hydrogen-bond donors (Lipinski definition) is 2. The summed E-state index contributed by atoms with van der Waals surface area (Å²) in [6.07, 6.45) is 0. The second kappa shape index (κ2) is 6.49. The number of carbonyl (C=O) groups excluding carboxylic acids is 1. The summed E-state index contributed by atoms with van der Waals surface area (Å²) in [5, 5.41) is 0. The van der Waals surface area contributed by atoms with Gasteiger partial charge >= 0.3 is 0 Å². The predicted molar refractivity (Wildman–Crippen MR) is 50.8 cm³/mol. The van der Waals surface area contributed by atoms with E-state index in [1.54, 1.807) is 0 Å². The van der Waals surface area contributed by atoms with Gasteiger partial charge in [0.25, 0.3) is 0 Å². The Morgan fingerprint density at radius 3 is 1.92 bits per heavy atom. The molecule has 0 heterocycles. The molecular weight excluding hydrogens is 176 g/mol. The molecule has 1 aromatic rings. The monoisotopic (exact) mass is 186 g/mol. The number of benzene rings is 1. The van der Waals surface area contributed by atoms with E-state index >= 15 is 0 Å². The summed E-state index contributed by atoms with van der Waals surface area (Å²) < 4.78 is 0. The maximum absolute atomic E-state index is 9.46. The van der Waals surface area contributed by atoms with Gasteiger partial charge in [-0.3, -0.25) is 4.79 Å². The molecule has 1 rings (SSSR count). The number of anilines is 1. The maximum atomic E-state index is 9.46. The van der Waals surface area contributed by atoms with Gasteiger partial charge in [-0.15, -0.1) is 11.6 Å². The average Bonchev–Trinajstić information content (AvgIpc) is 2.07. The van der Waals surface area contributed by atoms with Gasteiger partial charge in [0, 0.05) is 5.69 Å². The fourth-order valence-electron chi connectivity index (χ4n) is 0.453. The fraction of sp³-hybridized carbons (Fsp3) is 0.125. The van der Waals surface area contributed by atoms with Crippen molar-refractivity contribution in [2.24, 2.45) is 5.73 Å². The van der Waals surface area contributed by atoms with E-state index in [9.17, 15) is 4.79 Å². The molecule has 0 aliphatic carbocycles. The molecular formula is C8H11ClN2O. The van der Waals surface area contributed by atoms with E-state index in [4.69, 9.17) is 17.3 Å². The first kappa shape index (κ1) is 10.8. The third kappa shape index (κ3) is 6.89. The summed E-state index contributed by atoms with van der Waals surface area (Å²) in [5.74, 6) is -0.563. The molecule has 0 aliphatic rings. The second-order valence-electron chi connectivity index (χ2n) is 2.01. The van der Waals surface area contributed by atoms with Gasteiger partial charge in [0.15, 0.2) is 0 Å². The smallest absolute Gasteiger partial charge is 0.232 e. The SMILES string of the molecule is NC(=O)CCl.Nc1ccccc1. The summed E-state index contributed by atoms with van der Waals surface area (Å²) in [6.45, 7) is 0. The molecule has 4 heteroatoms. The van der Waals surface area contributed by atoms with Crippen LogP contribution in [0.15, 0.2) is 30.3 Å². The molecule has 1 amide bonds. The Morgan fingerprint density at radius 1 is 1.33 bits per heavy atom. The first-order chi connectivity index (χ1) is 5.66. The minimum absolute atomic E-state index is 0.0833. The summed E-state index contributed by atoms with van der Waals surface area (Å²) in [4.78, 5) is 9.46. The Labute approximate surface area is 76.3 Å². The number of carbonyl (C=O) groups is 1. The highest BCUT2D eigenvalue weighted by molar-refractivity contribution is 6.27. The van der Waals surface area contributed by atoms with Crippen LogP contribution in [0.1, 0.15) is 0 Å². The molecule has 0 fully saturated rings. The first-order valence-corrected chi connectivity index (χ1v) is 3.85. The van der Waals surface area contributed by atoms with Crippen LogP contribution in [0, 0.1) is 0 Å². The van der Waals surface area contributed by atoms with Crippen LogP contribution in [-0.2, 0) is 4.79 Å². The molecule has 0 aromatic heterocycles. The second-order valence-corrected chi connectivity index (χ2v) is 2.28. The quantitative estimate of drug-likeness (QED) is 0.507. The lowest BCUT2D eigenvalue weighted by Gasteiger charge is -1.83. The fourth-order valence-corrected chi connectivity index (χ4v) is 0.453. The Morgan fingerprint density at radius 2 is 1.75 bits per heavy atom. The highest BCUT2D eigenvalue weighted by Gasteiger charge is 1.79. The van der Waals surface area contributed by atoms with Gasteiger partial charge in [-0.2, -0.15) is 0 Å². The van der Waals surface area contributed by atoms with Crippen molar-refractivity contribution in [2.45, 2.75) is 0 Å². The number of primary amides is 1. The zero-order chi connectivity index (χ0) is 9.40. The van der Waals surface area contributed by atoms with E-state index in [0.717, 1.165) is 5.69 Å². The van der Waals surface area contributed by atoms with E-state index in [1.807, 2.05) is 30.3 Å². The molecule has 0 radical (unpaired) electrons. The van der Waals surface area contributed by atoms with Crippen molar-refractivity contribution in [3.8, 4) is 0 Å². The van der Waals surface area contributed by atoms with Gasteiger partial charge in [0.1, 0.15) is 5.88 Å². The average molecular weight is 187 g/mol. The number of halogens is 1. The standard InChI is InChI=1S/C6H7N.C2H4ClNO/c7-6-4-2-1-3-5-6;3-1-2(4)5/h1-5H,7H2;1H2,(H2,4,5). The minimum atomic E-state index is -0.480. The normalized spacial score (nSPS) is 8.08. The van der Waals surface area contributed by atoms with Gasteiger partial charge in [-0.25, -0.2) is 0 Å². The number of amides is 1. The number of alkyl halides is 1. The van der Waals surface area contributed by atoms with E-state index in [-0.39, 0.29) is 5.88 Å². The number of rotatable bonds is 1. The summed E-state index contributed by atoms with van der Waals surface area (Å²) >= 11 is 4.86. The zero-order valence-electron chi connectivity index (χ0n) is 6.53. The number of nitrogens with two attached hydrogens (primary N) is 2. The molecule has 12 heavy (non-hydrogen) atoms. The van der Waals surface area contributed by atoms with Crippen LogP contribution < -0.4 is 11.5 Å². The van der Waals surface area contributed by atoms with Crippen LogP contribution >= 0.6 is 11.6 Å². The molecule has 4 N–H and O–H groups in total. The van der Waals surface area contributed by atoms with Gasteiger partial charge in [0.2, 0.25) is 5.91 Å². The van der Waals surface area contributed by atoms with Crippen LogP contribution in [0.4, 0.5) is 5.69 Å². The van der Waals surface area contributed by atoms with Crippen LogP contribution in [0.2, 0.25) is 0 Å². The van der Waals surface area contributed by atoms with E-state index in [1.165, 1.54) is 0 Å². The molecule has 0 saturated carbocycles. The Bertz CT molecular complexity index is 226. The molecule has 0 aliphatic heterocycles. The van der Waals surface area contributed by atoms with Gasteiger partial charge in [-0.05, 0) is 12.1 Å². The lowest BCUT2D eigenvalue weighted by molar-refractivity contribution is -0.115. The largest absolute Gasteiger partial charge is 0.399 e. The van der Waals surface area contributed by atoms with Gasteiger partial charge < -0.3 is 11.5 Å². The first-order valence-electron chi connectivity index (χ1n) is 3.31. The van der Waals surface area contributed by atoms with Crippen molar-refractivity contribution in [1.82, 2.24) is 0 Å². The molecule has 0 atom stereocenters. The molecule has 0 saturated heterocycles. The zero-order valence-corrected chi connectivity index (χ0v) is 7.29. The maximum Gasteiger partial charge on any atom is 0.232 e. The summed E-state index contributed by atoms with van der Waals surface area (Å²) in [7, 11) is 0. The number of hydrogen-bond acceptors (Lipinski definition) is 2. The van der Waals surface area contributed by atoms with E-state index in [2.05, 4.69) is 5.73 Å². The lowest BCUT2D eigenvalue weighted by atomic mass is 10.3. The lowest BCUT2D eigenvalue weighted by Crippen LogP contribution is -2.10. The van der Waals surface area contributed by atoms with Crippen molar-refractivity contribution < 1.29 is 4.79 Å². The molecule has 0 unspecified atom stereocenters. The Hall–Kier alpha value is -1.22. The third-order valence-electron chi connectivity index (χ3n) is 0.931. The Balaban J connectivity index is 0.000000217. The number of nitrogen functional groups attached to an aromatic ring is 1. The van der Waals surface area contributed by atoms with Crippen LogP contribution in [0.25, 0.3) is 0 Å². The predicted octanol–water partition coefficient (Wildman–Crippen LogP) is 0.979. The molecule has 66 valence electrons. The van der Waals surface area contributed by atoms with Crippen LogP contribution in [0.5, 0.6) is 0 Å². The molecule has 0 bridgehead atoms. The molecule has 3 nitrogen and oxygen atoms in total. The number of para-hydroxylation sites is 1. The Kier molecular flexibility index (Phi) is 5.83. The van der Waals surface area contributed by atoms with Crippen molar-refractivity contribution in [1.29, 1.82) is 0 Å². The van der Waals surface area contributed by atoms with Crippen LogP contribution in [0.3, 0.4) is 0 Å². The van der Waals surface area contributed by atoms with E-state index < -0.39 is 5.91 Å². The highest BCUT2D eigenvalue weighted by atomic mass is 35.5. The van der Waals surface area contributed by atoms with Crippen molar-refractivity contribution in [3.63, 3.8) is 0 Å². The topological polar surface area (TPSA) is 69.1 Å². The third-order valence-corrected chi connectivity index (χ3v) is 1.19. The van der Waals surface area contributed by atoms with Gasteiger partial charge in [-0.1, -0.05) is 18.2 Å². The highest BCUT2D eigenvalue weighted by Crippen LogP contribution is 1.95. The van der Waals surface area contributed by atoms with Crippen molar-refractivity contribution in [2.75, 3.05) is 11.6 Å². The summed E-state index contributed by atoms with van der Waals surface area (Å²) in [5.41, 5.74) is 10.7. The van der Waals surface area contributed by atoms with E-state index in [0.29, 0.717) is 0 Å². The minimum Gasteiger partial charge on any atom is -0.399 e.